The third-order valence-electron chi connectivity index (χ3n) is 3.53. The molecule has 118 valence electrons. The van der Waals surface area contributed by atoms with Crippen LogP contribution in [0.4, 0.5) is 18.9 Å². The van der Waals surface area contributed by atoms with Crippen molar-refractivity contribution in [1.29, 1.82) is 0 Å². The SMILES string of the molecule is NCCOC1CCN(c2ccc(C(F)(F)F)cc2Br)CC1. The Hall–Kier alpha value is -0.790. The highest BCUT2D eigenvalue weighted by Gasteiger charge is 2.31. The lowest BCUT2D eigenvalue weighted by atomic mass is 10.1. The number of piperidine rings is 1. The second-order valence-corrected chi connectivity index (χ2v) is 5.86. The molecule has 1 saturated heterocycles. The minimum atomic E-state index is -4.32. The fourth-order valence-corrected chi connectivity index (χ4v) is 3.07. The summed E-state index contributed by atoms with van der Waals surface area (Å²) in [5, 5.41) is 0. The van der Waals surface area contributed by atoms with Crippen molar-refractivity contribution >= 4 is 21.6 Å². The molecule has 21 heavy (non-hydrogen) atoms. The summed E-state index contributed by atoms with van der Waals surface area (Å²) in [7, 11) is 0. The molecular formula is C14H18BrF3N2O. The van der Waals surface area contributed by atoms with E-state index in [1.165, 1.54) is 6.07 Å². The van der Waals surface area contributed by atoms with E-state index in [0.29, 0.717) is 17.6 Å². The van der Waals surface area contributed by atoms with E-state index in [1.54, 1.807) is 0 Å². The fourth-order valence-electron chi connectivity index (χ4n) is 2.44. The molecule has 1 aromatic carbocycles. The molecule has 0 spiro atoms. The van der Waals surface area contributed by atoms with Crippen molar-refractivity contribution in [1.82, 2.24) is 0 Å². The molecule has 0 unspecified atom stereocenters. The van der Waals surface area contributed by atoms with Crippen molar-refractivity contribution in [2.75, 3.05) is 31.1 Å². The van der Waals surface area contributed by atoms with Crippen LogP contribution >= 0.6 is 15.9 Å². The van der Waals surface area contributed by atoms with Crippen LogP contribution in [0.15, 0.2) is 22.7 Å². The minimum Gasteiger partial charge on any atom is -0.377 e. The topological polar surface area (TPSA) is 38.5 Å². The van der Waals surface area contributed by atoms with E-state index < -0.39 is 11.7 Å². The van der Waals surface area contributed by atoms with E-state index in [1.807, 2.05) is 0 Å². The summed E-state index contributed by atoms with van der Waals surface area (Å²) in [4.78, 5) is 2.08. The molecule has 2 N–H and O–H groups in total. The monoisotopic (exact) mass is 366 g/mol. The van der Waals surface area contributed by atoms with E-state index in [-0.39, 0.29) is 6.10 Å². The third kappa shape index (κ3) is 4.34. The van der Waals surface area contributed by atoms with Gasteiger partial charge in [-0.05, 0) is 47.0 Å². The number of anilines is 1. The molecule has 1 heterocycles. The Morgan fingerprint density at radius 2 is 1.95 bits per heavy atom. The first-order valence-corrected chi connectivity index (χ1v) is 7.64. The molecule has 0 saturated carbocycles. The van der Waals surface area contributed by atoms with E-state index in [9.17, 15) is 13.2 Å². The second kappa shape index (κ2) is 6.98. The van der Waals surface area contributed by atoms with Gasteiger partial charge in [0.05, 0.1) is 24.0 Å². The molecule has 1 aromatic rings. The highest BCUT2D eigenvalue weighted by molar-refractivity contribution is 9.10. The average molecular weight is 367 g/mol. The molecule has 0 atom stereocenters. The van der Waals surface area contributed by atoms with Crippen LogP contribution in [0, 0.1) is 0 Å². The van der Waals surface area contributed by atoms with Crippen LogP contribution in [0.5, 0.6) is 0 Å². The number of alkyl halides is 3. The van der Waals surface area contributed by atoms with Crippen molar-refractivity contribution in [3.05, 3.63) is 28.2 Å². The van der Waals surface area contributed by atoms with Gasteiger partial charge >= 0.3 is 6.18 Å². The summed E-state index contributed by atoms with van der Waals surface area (Å²) in [6.07, 6.45) is -2.41. The standard InChI is InChI=1S/C14H18BrF3N2O/c15-12-9-10(14(16,17)18)1-2-13(12)20-6-3-11(4-7-20)21-8-5-19/h1-2,9,11H,3-8,19H2. The molecule has 0 bridgehead atoms. The summed E-state index contributed by atoms with van der Waals surface area (Å²) in [6, 6.07) is 3.78. The van der Waals surface area contributed by atoms with E-state index in [0.717, 1.165) is 43.8 Å². The Balaban J connectivity index is 2.00. The molecule has 1 aliphatic rings. The molecule has 3 nitrogen and oxygen atoms in total. The first kappa shape index (κ1) is 16.6. The molecule has 7 heteroatoms. The molecule has 2 rings (SSSR count). The summed E-state index contributed by atoms with van der Waals surface area (Å²) in [6.45, 7) is 2.58. The smallest absolute Gasteiger partial charge is 0.377 e. The number of halogens is 4. The number of nitrogens with zero attached hydrogens (tertiary/aromatic N) is 1. The van der Waals surface area contributed by atoms with Crippen LogP contribution in [0.3, 0.4) is 0 Å². The van der Waals surface area contributed by atoms with E-state index >= 15 is 0 Å². The van der Waals surface area contributed by atoms with Crippen LogP contribution in [0.1, 0.15) is 18.4 Å². The van der Waals surface area contributed by atoms with Gasteiger partial charge in [0.1, 0.15) is 0 Å². The average Bonchev–Trinajstić information content (AvgIpc) is 2.45. The Morgan fingerprint density at radius 3 is 2.48 bits per heavy atom. The van der Waals surface area contributed by atoms with Crippen molar-refractivity contribution in [2.45, 2.75) is 25.1 Å². The summed E-state index contributed by atoms with van der Waals surface area (Å²) in [5.41, 5.74) is 5.55. The van der Waals surface area contributed by atoms with Crippen LogP contribution in [0.2, 0.25) is 0 Å². The van der Waals surface area contributed by atoms with Crippen molar-refractivity contribution in [2.24, 2.45) is 5.73 Å². The normalized spacial score (nSPS) is 17.3. The molecule has 1 fully saturated rings. The van der Waals surface area contributed by atoms with Crippen molar-refractivity contribution < 1.29 is 17.9 Å². The third-order valence-corrected chi connectivity index (χ3v) is 4.16. The number of nitrogens with two attached hydrogens (primary N) is 1. The van der Waals surface area contributed by atoms with Crippen LogP contribution in [0.25, 0.3) is 0 Å². The summed E-state index contributed by atoms with van der Waals surface area (Å²) >= 11 is 3.24. The van der Waals surface area contributed by atoms with Gasteiger partial charge < -0.3 is 15.4 Å². The van der Waals surface area contributed by atoms with Gasteiger partial charge in [0.2, 0.25) is 0 Å². The Labute approximate surface area is 130 Å². The Morgan fingerprint density at radius 1 is 1.29 bits per heavy atom. The van der Waals surface area contributed by atoms with E-state index in [4.69, 9.17) is 10.5 Å². The molecule has 0 amide bonds. The zero-order chi connectivity index (χ0) is 15.5. The van der Waals surface area contributed by atoms with Crippen LogP contribution in [-0.2, 0) is 10.9 Å². The van der Waals surface area contributed by atoms with Crippen LogP contribution < -0.4 is 10.6 Å². The number of rotatable bonds is 4. The Bertz CT molecular complexity index is 474. The molecule has 0 radical (unpaired) electrons. The van der Waals surface area contributed by atoms with Gasteiger partial charge in [-0.1, -0.05) is 0 Å². The highest BCUT2D eigenvalue weighted by Crippen LogP contribution is 2.36. The first-order chi connectivity index (χ1) is 9.91. The fraction of sp³-hybridized carbons (Fsp3) is 0.571. The Kier molecular flexibility index (Phi) is 5.51. The number of hydrogen-bond acceptors (Lipinski definition) is 3. The van der Waals surface area contributed by atoms with E-state index in [2.05, 4.69) is 20.8 Å². The molecule has 0 aromatic heterocycles. The lowest BCUT2D eigenvalue weighted by Crippen LogP contribution is -2.37. The largest absolute Gasteiger partial charge is 0.416 e. The maximum atomic E-state index is 12.7. The van der Waals surface area contributed by atoms with Crippen molar-refractivity contribution in [3.8, 4) is 0 Å². The van der Waals surface area contributed by atoms with Gasteiger partial charge in [-0.3, -0.25) is 0 Å². The van der Waals surface area contributed by atoms with Gasteiger partial charge in [0.25, 0.3) is 0 Å². The van der Waals surface area contributed by atoms with Crippen LogP contribution in [-0.4, -0.2) is 32.3 Å². The molecule has 1 aliphatic heterocycles. The number of benzene rings is 1. The van der Waals surface area contributed by atoms with Gasteiger partial charge in [-0.25, -0.2) is 0 Å². The predicted octanol–water partition coefficient (Wildman–Crippen LogP) is 3.41. The maximum Gasteiger partial charge on any atom is 0.416 e. The zero-order valence-corrected chi connectivity index (χ0v) is 13.1. The maximum absolute atomic E-state index is 12.7. The van der Waals surface area contributed by atoms with Gasteiger partial charge in [-0.2, -0.15) is 13.2 Å². The van der Waals surface area contributed by atoms with Gasteiger partial charge in [0, 0.05) is 24.1 Å². The lowest BCUT2D eigenvalue weighted by molar-refractivity contribution is -0.137. The molecule has 0 aliphatic carbocycles. The minimum absolute atomic E-state index is 0.193. The number of ether oxygens (including phenoxy) is 1. The quantitative estimate of drug-likeness (QED) is 0.887. The second-order valence-electron chi connectivity index (χ2n) is 5.01. The lowest BCUT2D eigenvalue weighted by Gasteiger charge is -2.34. The summed E-state index contributed by atoms with van der Waals surface area (Å²) in [5.74, 6) is 0. The number of hydrogen-bond donors (Lipinski definition) is 1. The zero-order valence-electron chi connectivity index (χ0n) is 11.5. The van der Waals surface area contributed by atoms with Gasteiger partial charge in [0.15, 0.2) is 0 Å². The highest BCUT2D eigenvalue weighted by atomic mass is 79.9. The predicted molar refractivity (Wildman–Crippen MR) is 79.4 cm³/mol. The summed E-state index contributed by atoms with van der Waals surface area (Å²) < 4.78 is 44.0. The van der Waals surface area contributed by atoms with Crippen molar-refractivity contribution in [3.63, 3.8) is 0 Å². The van der Waals surface area contributed by atoms with Gasteiger partial charge in [-0.15, -0.1) is 0 Å². The first-order valence-electron chi connectivity index (χ1n) is 6.85. The molecular weight excluding hydrogens is 349 g/mol.